The molecule has 220 valence electrons. The van der Waals surface area contributed by atoms with Crippen LogP contribution in [-0.2, 0) is 29.2 Å². The fourth-order valence-corrected chi connectivity index (χ4v) is 5.89. The van der Waals surface area contributed by atoms with Gasteiger partial charge in [-0.1, -0.05) is 48.5 Å². The van der Waals surface area contributed by atoms with E-state index in [0.717, 1.165) is 29.2 Å². The summed E-state index contributed by atoms with van der Waals surface area (Å²) in [5, 5.41) is 20.9. The first-order chi connectivity index (χ1) is 20.5. The minimum atomic E-state index is -4.45. The van der Waals surface area contributed by atoms with Crippen molar-refractivity contribution in [1.82, 2.24) is 10.0 Å². The number of carbonyl (C=O) groups is 5. The predicted molar refractivity (Wildman–Crippen MR) is 151 cm³/mol. The number of nitrogens with zero attached hydrogens (tertiary/aromatic N) is 2. The number of amides is 2. The lowest BCUT2D eigenvalue weighted by Gasteiger charge is -2.25. The lowest BCUT2D eigenvalue weighted by Crippen LogP contribution is -2.52. The van der Waals surface area contributed by atoms with Gasteiger partial charge in [0.2, 0.25) is 15.9 Å². The Labute approximate surface area is 244 Å². The van der Waals surface area contributed by atoms with Crippen molar-refractivity contribution < 1.29 is 42.6 Å². The number of carbonyl (C=O) groups excluding carboxylic acids is 3. The number of aldehydes is 1. The van der Waals surface area contributed by atoms with Gasteiger partial charge >= 0.3 is 11.9 Å². The number of hydrogen-bond acceptors (Lipinski definition) is 8. The zero-order valence-electron chi connectivity index (χ0n) is 22.2. The number of carboxylic acid groups (broad SMARTS) is 2. The highest BCUT2D eigenvalue weighted by atomic mass is 32.2. The van der Waals surface area contributed by atoms with Crippen LogP contribution in [-0.4, -0.2) is 72.6 Å². The smallest absolute Gasteiger partial charge is 0.335 e. The van der Waals surface area contributed by atoms with Crippen LogP contribution in [0.25, 0.3) is 0 Å². The Morgan fingerprint density at radius 3 is 2.23 bits per heavy atom. The number of anilines is 1. The van der Waals surface area contributed by atoms with Crippen LogP contribution in [0.5, 0.6) is 0 Å². The molecule has 1 saturated carbocycles. The number of carboxylic acids is 2. The number of fused-ring (bicyclic) bond motifs is 1. The van der Waals surface area contributed by atoms with Crippen molar-refractivity contribution >= 4 is 51.5 Å². The quantitative estimate of drug-likeness (QED) is 0.244. The third-order valence-corrected chi connectivity index (χ3v) is 8.55. The van der Waals surface area contributed by atoms with E-state index in [2.05, 4.69) is 15.0 Å². The number of nitrogens with one attached hydrogen (secondary N) is 2. The highest BCUT2D eigenvalue weighted by Crippen LogP contribution is 2.42. The number of para-hydroxylation sites is 1. The first kappa shape index (κ1) is 29.3. The standard InChI is InChI=1S/C29H24N4O9S/c34-16-29(14-21(29)28(39)40)31-23(35)15-33-22-9-5-4-8-20(22)24(17-6-2-1-3-7-17)30-25(26(33)36)32-43(41,42)19-12-10-18(11-13-19)27(37)38/h1-13,16,21,25,32H,14-15H2,(H,31,35)(H,37,38)(H,39,40)/t21-,25?,29?/m0/s1. The van der Waals surface area contributed by atoms with Crippen molar-refractivity contribution in [3.05, 3.63) is 95.6 Å². The molecule has 13 nitrogen and oxygen atoms in total. The van der Waals surface area contributed by atoms with Crippen LogP contribution < -0.4 is 14.9 Å². The van der Waals surface area contributed by atoms with E-state index in [-0.39, 0.29) is 28.3 Å². The summed E-state index contributed by atoms with van der Waals surface area (Å²) in [4.78, 5) is 66.6. The summed E-state index contributed by atoms with van der Waals surface area (Å²) in [5.41, 5.74) is -0.321. The zero-order valence-corrected chi connectivity index (χ0v) is 23.0. The maximum absolute atomic E-state index is 14.0. The number of sulfonamides is 1. The summed E-state index contributed by atoms with van der Waals surface area (Å²) in [6.45, 7) is -0.680. The molecule has 3 atom stereocenters. The molecular formula is C29H24N4O9S. The Balaban J connectivity index is 1.54. The molecule has 5 rings (SSSR count). The molecule has 1 fully saturated rings. The van der Waals surface area contributed by atoms with Crippen LogP contribution in [0.3, 0.4) is 0 Å². The van der Waals surface area contributed by atoms with Crippen LogP contribution in [0.1, 0.15) is 27.9 Å². The molecule has 4 N–H and O–H groups in total. The average molecular weight is 605 g/mol. The molecule has 3 aromatic rings. The summed E-state index contributed by atoms with van der Waals surface area (Å²) in [6, 6.07) is 19.5. The van der Waals surface area contributed by atoms with Crippen molar-refractivity contribution in [2.75, 3.05) is 11.4 Å². The van der Waals surface area contributed by atoms with Gasteiger partial charge in [0.15, 0.2) is 6.17 Å². The van der Waals surface area contributed by atoms with Crippen molar-refractivity contribution in [2.45, 2.75) is 23.0 Å². The van der Waals surface area contributed by atoms with Crippen molar-refractivity contribution in [2.24, 2.45) is 10.9 Å². The van der Waals surface area contributed by atoms with E-state index in [9.17, 15) is 37.5 Å². The summed E-state index contributed by atoms with van der Waals surface area (Å²) in [7, 11) is -4.45. The molecule has 2 unspecified atom stereocenters. The van der Waals surface area contributed by atoms with Gasteiger partial charge in [0.05, 0.1) is 27.8 Å². The van der Waals surface area contributed by atoms with Gasteiger partial charge in [-0.15, -0.1) is 0 Å². The third kappa shape index (κ3) is 5.78. The van der Waals surface area contributed by atoms with Crippen LogP contribution >= 0.6 is 0 Å². The summed E-state index contributed by atoms with van der Waals surface area (Å²) in [6.07, 6.45) is -1.52. The number of aromatic carboxylic acids is 1. The Kier molecular flexibility index (Phi) is 7.65. The predicted octanol–water partition coefficient (Wildman–Crippen LogP) is 1.03. The molecule has 43 heavy (non-hydrogen) atoms. The van der Waals surface area contributed by atoms with Crippen LogP contribution in [0.4, 0.5) is 5.69 Å². The first-order valence-corrected chi connectivity index (χ1v) is 14.3. The molecule has 1 aliphatic carbocycles. The first-order valence-electron chi connectivity index (χ1n) is 12.9. The molecule has 0 radical (unpaired) electrons. The number of rotatable bonds is 10. The maximum Gasteiger partial charge on any atom is 0.335 e. The SMILES string of the molecule is O=CC1(NC(=O)CN2C(=O)C(NS(=O)(=O)c3ccc(C(=O)O)cc3)N=C(c3ccccc3)c3ccccc32)C[C@H]1C(=O)O. The van der Waals surface area contributed by atoms with Gasteiger partial charge in [0.1, 0.15) is 18.4 Å². The van der Waals surface area contributed by atoms with E-state index in [1.54, 1.807) is 54.6 Å². The second-order valence-corrected chi connectivity index (χ2v) is 11.7. The van der Waals surface area contributed by atoms with E-state index >= 15 is 0 Å². The summed E-state index contributed by atoms with van der Waals surface area (Å²) < 4.78 is 29.0. The molecule has 2 amide bonds. The molecule has 0 spiro atoms. The van der Waals surface area contributed by atoms with E-state index in [4.69, 9.17) is 5.11 Å². The fourth-order valence-electron chi connectivity index (χ4n) is 4.81. The van der Waals surface area contributed by atoms with E-state index < -0.39 is 57.9 Å². The summed E-state index contributed by atoms with van der Waals surface area (Å²) in [5.74, 6) is -5.38. The number of benzodiazepines with no additional fused rings is 1. The number of hydrogen-bond donors (Lipinski definition) is 4. The Hall–Kier alpha value is -5.21. The van der Waals surface area contributed by atoms with Gasteiger partial charge in [-0.2, -0.15) is 4.72 Å². The summed E-state index contributed by atoms with van der Waals surface area (Å²) >= 11 is 0. The lowest BCUT2D eigenvalue weighted by atomic mass is 10.0. The fraction of sp³-hybridized carbons (Fsp3) is 0.172. The Morgan fingerprint density at radius 1 is 0.977 bits per heavy atom. The lowest BCUT2D eigenvalue weighted by molar-refractivity contribution is -0.140. The number of aliphatic imine (C=N–C) groups is 1. The normalized spacial score (nSPS) is 21.2. The van der Waals surface area contributed by atoms with Crippen LogP contribution in [0.15, 0.2) is 88.8 Å². The molecule has 1 aliphatic heterocycles. The maximum atomic E-state index is 14.0. The van der Waals surface area contributed by atoms with Gasteiger partial charge in [-0.25, -0.2) is 13.2 Å². The van der Waals surface area contributed by atoms with Gasteiger partial charge in [-0.05, 0) is 36.8 Å². The van der Waals surface area contributed by atoms with Gasteiger partial charge < -0.3 is 20.3 Å². The second kappa shape index (κ2) is 11.2. The third-order valence-electron chi connectivity index (χ3n) is 7.12. The van der Waals surface area contributed by atoms with Crippen molar-refractivity contribution in [1.29, 1.82) is 0 Å². The molecular weight excluding hydrogens is 580 g/mol. The van der Waals surface area contributed by atoms with Crippen LogP contribution in [0.2, 0.25) is 0 Å². The average Bonchev–Trinajstić information content (AvgIpc) is 3.74. The van der Waals surface area contributed by atoms with E-state index in [1.165, 1.54) is 0 Å². The van der Waals surface area contributed by atoms with Gasteiger partial charge in [0, 0.05) is 11.1 Å². The van der Waals surface area contributed by atoms with Gasteiger partial charge in [0.25, 0.3) is 5.91 Å². The largest absolute Gasteiger partial charge is 0.481 e. The van der Waals surface area contributed by atoms with Crippen molar-refractivity contribution in [3.63, 3.8) is 0 Å². The molecule has 0 aromatic heterocycles. The molecule has 0 bridgehead atoms. The van der Waals surface area contributed by atoms with Gasteiger partial charge in [-0.3, -0.25) is 24.3 Å². The second-order valence-electron chi connectivity index (χ2n) is 9.94. The highest BCUT2D eigenvalue weighted by molar-refractivity contribution is 7.89. The topological polar surface area (TPSA) is 200 Å². The Morgan fingerprint density at radius 2 is 1.63 bits per heavy atom. The molecule has 14 heteroatoms. The monoisotopic (exact) mass is 604 g/mol. The number of benzene rings is 3. The minimum absolute atomic E-state index is 0.105. The van der Waals surface area contributed by atoms with E-state index in [0.29, 0.717) is 17.4 Å². The van der Waals surface area contributed by atoms with E-state index in [1.807, 2.05) is 0 Å². The minimum Gasteiger partial charge on any atom is -0.481 e. The molecule has 2 aliphatic rings. The molecule has 0 saturated heterocycles. The highest BCUT2D eigenvalue weighted by Gasteiger charge is 2.60. The van der Waals surface area contributed by atoms with Crippen LogP contribution in [0, 0.1) is 5.92 Å². The molecule has 1 heterocycles. The van der Waals surface area contributed by atoms with Crippen molar-refractivity contribution in [3.8, 4) is 0 Å². The zero-order chi connectivity index (χ0) is 30.9. The number of aliphatic carboxylic acids is 1. The molecule has 3 aromatic carbocycles. The Bertz CT molecular complexity index is 1770.